The Morgan fingerprint density at radius 1 is 1.15 bits per heavy atom. The van der Waals surface area contributed by atoms with Crippen molar-refractivity contribution in [3.63, 3.8) is 0 Å². The number of anilines is 2. The highest BCUT2D eigenvalue weighted by Crippen LogP contribution is 2.41. The maximum atomic E-state index is 13.2. The highest BCUT2D eigenvalue weighted by molar-refractivity contribution is 7.09. The Morgan fingerprint density at radius 3 is 2.46 bits per heavy atom. The fourth-order valence-electron chi connectivity index (χ4n) is 4.76. The van der Waals surface area contributed by atoms with E-state index in [-0.39, 0.29) is 36.3 Å². The van der Waals surface area contributed by atoms with Crippen molar-refractivity contribution >= 4 is 58.8 Å². The summed E-state index contributed by atoms with van der Waals surface area (Å²) in [5.74, 6) is -2.58. The number of halogens is 1. The van der Waals surface area contributed by atoms with Crippen LogP contribution in [0.25, 0.3) is 0 Å². The number of nitrogens with zero attached hydrogens (tertiary/aromatic N) is 4. The molecule has 0 aliphatic carbocycles. The number of aromatic carboxylic acids is 1. The molecule has 1 aliphatic heterocycles. The molecular weight excluding hydrogens is 570 g/mol. The van der Waals surface area contributed by atoms with Gasteiger partial charge in [-0.3, -0.25) is 19.4 Å². The number of carboxylic acid groups (broad SMARTS) is 1. The van der Waals surface area contributed by atoms with Crippen LogP contribution in [0.1, 0.15) is 66.7 Å². The second-order valence-corrected chi connectivity index (χ2v) is 10.9. The Kier molecular flexibility index (Phi) is 9.72. The van der Waals surface area contributed by atoms with E-state index >= 15 is 0 Å². The van der Waals surface area contributed by atoms with Crippen LogP contribution in [0.5, 0.6) is 5.75 Å². The number of pyridine rings is 1. The molecule has 0 saturated heterocycles. The van der Waals surface area contributed by atoms with Gasteiger partial charge in [-0.25, -0.2) is 9.78 Å². The Morgan fingerprint density at radius 2 is 1.88 bits per heavy atom. The van der Waals surface area contributed by atoms with E-state index in [1.165, 1.54) is 10.3 Å². The monoisotopic (exact) mass is 601 g/mol. The molecule has 2 aromatic heterocycles. The van der Waals surface area contributed by atoms with Crippen molar-refractivity contribution in [2.75, 3.05) is 23.4 Å². The van der Waals surface area contributed by atoms with E-state index in [0.717, 1.165) is 11.3 Å². The van der Waals surface area contributed by atoms with Crippen molar-refractivity contribution in [2.45, 2.75) is 45.6 Å². The number of fused-ring (bicyclic) bond motifs is 1. The molecule has 0 fully saturated rings. The molecule has 3 amide bonds. The molecule has 13 heteroatoms. The number of nitrogens with two attached hydrogens (primary N) is 1. The molecule has 0 radical (unpaired) electrons. The standard InChI is InChI=1S/C28H31N5O6S.ClH/c1-5-33-20-10-8-17(13-21(20)32(4)26(37)28(2,3)27(33)38)39-22(24-31-19(15-40-24)25(35)36)11-9-18(23(29)34)16-7-6-12-30-14-16;/h6-8,10,12-15,18,22H,5,9,11H2,1-4H3,(H2,29,34)(H,35,36);1H. The summed E-state index contributed by atoms with van der Waals surface area (Å²) in [6.45, 7) is 5.43. The van der Waals surface area contributed by atoms with E-state index in [0.29, 0.717) is 40.7 Å². The molecule has 0 saturated carbocycles. The van der Waals surface area contributed by atoms with Crippen molar-refractivity contribution in [2.24, 2.45) is 11.1 Å². The largest absolute Gasteiger partial charge is 0.483 e. The number of hydrogen-bond donors (Lipinski definition) is 2. The van der Waals surface area contributed by atoms with E-state index in [1.54, 1.807) is 68.5 Å². The van der Waals surface area contributed by atoms with Crippen molar-refractivity contribution in [1.29, 1.82) is 0 Å². The van der Waals surface area contributed by atoms with E-state index in [2.05, 4.69) is 9.97 Å². The van der Waals surface area contributed by atoms with Crippen LogP contribution in [-0.2, 0) is 14.4 Å². The summed E-state index contributed by atoms with van der Waals surface area (Å²) < 4.78 is 6.34. The van der Waals surface area contributed by atoms with Gasteiger partial charge in [0.05, 0.1) is 17.3 Å². The van der Waals surface area contributed by atoms with Crippen LogP contribution in [0, 0.1) is 5.41 Å². The summed E-state index contributed by atoms with van der Waals surface area (Å²) >= 11 is 1.14. The number of hydrogen-bond acceptors (Lipinski definition) is 8. The fraction of sp³-hybridized carbons (Fsp3) is 0.357. The molecule has 218 valence electrons. The second kappa shape index (κ2) is 12.6. The van der Waals surface area contributed by atoms with E-state index in [1.807, 2.05) is 6.92 Å². The minimum atomic E-state index is -1.25. The van der Waals surface area contributed by atoms with Gasteiger partial charge in [0.2, 0.25) is 17.7 Å². The van der Waals surface area contributed by atoms with Crippen molar-refractivity contribution < 1.29 is 29.0 Å². The van der Waals surface area contributed by atoms with Crippen LogP contribution in [0.2, 0.25) is 0 Å². The number of amides is 3. The lowest BCUT2D eigenvalue weighted by molar-refractivity contribution is -0.137. The summed E-state index contributed by atoms with van der Waals surface area (Å²) in [6.07, 6.45) is 3.04. The molecule has 3 aromatic rings. The molecule has 4 rings (SSSR count). The third-order valence-electron chi connectivity index (χ3n) is 6.98. The van der Waals surface area contributed by atoms with Gasteiger partial charge >= 0.3 is 5.97 Å². The highest BCUT2D eigenvalue weighted by Gasteiger charge is 2.45. The number of ether oxygens (including phenoxy) is 1. The third-order valence-corrected chi connectivity index (χ3v) is 7.91. The van der Waals surface area contributed by atoms with E-state index in [9.17, 15) is 24.3 Å². The molecule has 2 atom stereocenters. The number of thiazole rings is 1. The predicted octanol–water partition coefficient (Wildman–Crippen LogP) is 4.18. The maximum Gasteiger partial charge on any atom is 0.355 e. The SMILES string of the molecule is CCN1C(=O)C(C)(C)C(=O)N(C)c2cc(OC(CCC(C(N)=O)c3cccnc3)c3nc(C(=O)O)cs3)ccc21.Cl. The average molecular weight is 602 g/mol. The van der Waals surface area contributed by atoms with E-state index in [4.69, 9.17) is 10.5 Å². The Labute approximate surface area is 247 Å². The summed E-state index contributed by atoms with van der Waals surface area (Å²) in [4.78, 5) is 61.5. The molecule has 3 heterocycles. The molecule has 41 heavy (non-hydrogen) atoms. The van der Waals surface area contributed by atoms with Crippen molar-refractivity contribution in [3.8, 4) is 5.75 Å². The molecule has 3 N–H and O–H groups in total. The zero-order valence-corrected chi connectivity index (χ0v) is 24.7. The first-order valence-electron chi connectivity index (χ1n) is 12.7. The Balaban J connectivity index is 0.00000462. The van der Waals surface area contributed by atoms with Crippen LogP contribution >= 0.6 is 23.7 Å². The van der Waals surface area contributed by atoms with Gasteiger partial charge in [0.15, 0.2) is 11.8 Å². The minimum absolute atomic E-state index is 0. The fourth-order valence-corrected chi connectivity index (χ4v) is 5.61. The molecule has 0 bridgehead atoms. The average Bonchev–Trinajstić information content (AvgIpc) is 3.42. The van der Waals surface area contributed by atoms with Gasteiger partial charge in [-0.05, 0) is 57.4 Å². The highest BCUT2D eigenvalue weighted by atomic mass is 35.5. The van der Waals surface area contributed by atoms with Crippen LogP contribution in [-0.4, -0.2) is 52.4 Å². The quantitative estimate of drug-likeness (QED) is 0.328. The lowest BCUT2D eigenvalue weighted by Crippen LogP contribution is -2.47. The topological polar surface area (TPSA) is 156 Å². The number of benzene rings is 1. The summed E-state index contributed by atoms with van der Waals surface area (Å²) in [5, 5.41) is 11.2. The minimum Gasteiger partial charge on any atom is -0.483 e. The lowest BCUT2D eigenvalue weighted by atomic mass is 9.90. The van der Waals surface area contributed by atoms with Gasteiger partial charge in [0.25, 0.3) is 0 Å². The van der Waals surface area contributed by atoms with Crippen LogP contribution in [0.3, 0.4) is 0 Å². The summed E-state index contributed by atoms with van der Waals surface area (Å²) in [6, 6.07) is 8.58. The van der Waals surface area contributed by atoms with Gasteiger partial charge in [-0.15, -0.1) is 23.7 Å². The number of carbonyl (C=O) groups is 4. The molecular formula is C28H32ClN5O6S. The van der Waals surface area contributed by atoms with Crippen molar-refractivity contribution in [1.82, 2.24) is 9.97 Å². The smallest absolute Gasteiger partial charge is 0.355 e. The zero-order valence-electron chi connectivity index (χ0n) is 23.1. The molecule has 1 aromatic carbocycles. The predicted molar refractivity (Wildman–Crippen MR) is 157 cm³/mol. The number of aromatic nitrogens is 2. The first-order chi connectivity index (χ1) is 18.9. The number of carboxylic acids is 1. The first kappa shape index (κ1) is 31.5. The molecule has 2 unspecified atom stereocenters. The van der Waals surface area contributed by atoms with E-state index < -0.39 is 29.3 Å². The van der Waals surface area contributed by atoms with Crippen LogP contribution < -0.4 is 20.3 Å². The lowest BCUT2D eigenvalue weighted by Gasteiger charge is -2.27. The van der Waals surface area contributed by atoms with Crippen LogP contribution in [0.4, 0.5) is 11.4 Å². The van der Waals surface area contributed by atoms with Gasteiger partial charge < -0.3 is 25.4 Å². The Bertz CT molecular complexity index is 1450. The van der Waals surface area contributed by atoms with Gasteiger partial charge in [0, 0.05) is 37.4 Å². The summed E-state index contributed by atoms with van der Waals surface area (Å²) in [5.41, 5.74) is 6.07. The van der Waals surface area contributed by atoms with Crippen molar-refractivity contribution in [3.05, 3.63) is 64.4 Å². The molecule has 1 aliphatic rings. The summed E-state index contributed by atoms with van der Waals surface area (Å²) in [7, 11) is 1.61. The van der Waals surface area contributed by atoms with Gasteiger partial charge in [-0.2, -0.15) is 0 Å². The number of rotatable bonds is 10. The maximum absolute atomic E-state index is 13.2. The zero-order chi connectivity index (χ0) is 29.2. The van der Waals surface area contributed by atoms with Gasteiger partial charge in [-0.1, -0.05) is 6.07 Å². The third kappa shape index (κ3) is 6.33. The van der Waals surface area contributed by atoms with Gasteiger partial charge in [0.1, 0.15) is 16.2 Å². The first-order valence-corrected chi connectivity index (χ1v) is 13.6. The second-order valence-electron chi connectivity index (χ2n) is 9.99. The number of carbonyl (C=O) groups excluding carboxylic acids is 3. The molecule has 11 nitrogen and oxygen atoms in total. The number of primary amides is 1. The van der Waals surface area contributed by atoms with Crippen LogP contribution in [0.15, 0.2) is 48.1 Å². The molecule has 0 spiro atoms. The Hall–Kier alpha value is -4.03. The normalized spacial score (nSPS) is 15.8.